The molecule has 0 saturated carbocycles. The Hall–Kier alpha value is -4.40. The van der Waals surface area contributed by atoms with Crippen molar-refractivity contribution in [2.45, 2.75) is 76.6 Å². The second-order valence-corrected chi connectivity index (χ2v) is 12.0. The van der Waals surface area contributed by atoms with Gasteiger partial charge in [0.15, 0.2) is 11.5 Å². The molecule has 15 heteroatoms. The summed E-state index contributed by atoms with van der Waals surface area (Å²) in [6, 6.07) is 7.53. The average Bonchev–Trinajstić information content (AvgIpc) is 3.47. The van der Waals surface area contributed by atoms with Crippen LogP contribution in [-0.2, 0) is 32.3 Å². The number of hydrogen-bond donors (Lipinski definition) is 4. The molecule has 4 rings (SSSR count). The molecule has 1 fully saturated rings. The number of amides is 3. The SMILES string of the molecule is CCCCCOc1nc(N)c2[nH]c(=O)n(Cc3ccc(CNC(=O)CSC4CC(=O)N(CCCCCC(=O)O)C4=O)cc3)c2n1. The number of aliphatic carboxylic acids is 1. The number of aromatic nitrogens is 4. The van der Waals surface area contributed by atoms with Crippen LogP contribution in [0.5, 0.6) is 6.01 Å². The number of anilines is 1. The Morgan fingerprint density at radius 2 is 1.84 bits per heavy atom. The van der Waals surface area contributed by atoms with E-state index in [0.717, 1.165) is 42.2 Å². The van der Waals surface area contributed by atoms with Gasteiger partial charge in [-0.3, -0.25) is 28.6 Å². The monoisotopic (exact) mass is 641 g/mol. The molecule has 0 radical (unpaired) electrons. The van der Waals surface area contributed by atoms with Crippen molar-refractivity contribution in [3.8, 4) is 6.01 Å². The number of carboxylic acid groups (broad SMARTS) is 1. The first-order chi connectivity index (χ1) is 21.7. The summed E-state index contributed by atoms with van der Waals surface area (Å²) in [6.07, 6.45) is 4.73. The number of hydrogen-bond acceptors (Lipinski definition) is 10. The number of benzene rings is 1. The molecule has 1 aromatic carbocycles. The molecule has 45 heavy (non-hydrogen) atoms. The Bertz CT molecular complexity index is 1570. The summed E-state index contributed by atoms with van der Waals surface area (Å²) in [4.78, 5) is 73.2. The average molecular weight is 642 g/mol. The lowest BCUT2D eigenvalue weighted by Crippen LogP contribution is -2.33. The van der Waals surface area contributed by atoms with Gasteiger partial charge in [-0.05, 0) is 30.4 Å². The third-order valence-corrected chi connectivity index (χ3v) is 8.55. The number of nitrogens with two attached hydrogens (primary N) is 1. The molecular formula is C30H39N7O7S. The Morgan fingerprint density at radius 3 is 2.58 bits per heavy atom. The van der Waals surface area contributed by atoms with Crippen LogP contribution in [-0.4, -0.2) is 77.4 Å². The van der Waals surface area contributed by atoms with Gasteiger partial charge in [0, 0.05) is 25.9 Å². The summed E-state index contributed by atoms with van der Waals surface area (Å²) in [5.74, 6) is -1.52. The molecule has 2 aromatic heterocycles. The highest BCUT2D eigenvalue weighted by atomic mass is 32.2. The molecule has 5 N–H and O–H groups in total. The number of carbonyl (C=O) groups is 4. The number of thioether (sulfide) groups is 1. The Kier molecular flexibility index (Phi) is 12.0. The van der Waals surface area contributed by atoms with Crippen LogP contribution >= 0.6 is 11.8 Å². The summed E-state index contributed by atoms with van der Waals surface area (Å²) >= 11 is 1.14. The van der Waals surface area contributed by atoms with Crippen LogP contribution in [0.2, 0.25) is 0 Å². The number of fused-ring (bicyclic) bond motifs is 1. The van der Waals surface area contributed by atoms with Gasteiger partial charge in [0.2, 0.25) is 17.7 Å². The van der Waals surface area contributed by atoms with E-state index in [2.05, 4.69) is 27.2 Å². The van der Waals surface area contributed by atoms with Crippen molar-refractivity contribution in [3.63, 3.8) is 0 Å². The number of unbranched alkanes of at least 4 members (excludes halogenated alkanes) is 4. The molecule has 0 spiro atoms. The summed E-state index contributed by atoms with van der Waals surface area (Å²) < 4.78 is 7.11. The normalized spacial score (nSPS) is 14.8. The van der Waals surface area contributed by atoms with Crippen molar-refractivity contribution in [3.05, 3.63) is 45.9 Å². The van der Waals surface area contributed by atoms with Gasteiger partial charge in [-0.1, -0.05) is 50.5 Å². The molecule has 242 valence electrons. The van der Waals surface area contributed by atoms with Crippen LogP contribution in [0.15, 0.2) is 29.1 Å². The van der Waals surface area contributed by atoms with Gasteiger partial charge in [0.1, 0.15) is 5.52 Å². The largest absolute Gasteiger partial charge is 0.481 e. The predicted molar refractivity (Wildman–Crippen MR) is 169 cm³/mol. The minimum absolute atomic E-state index is 0.0347. The maximum atomic E-state index is 12.7. The van der Waals surface area contributed by atoms with Crippen molar-refractivity contribution >= 4 is 52.4 Å². The molecule has 1 aliphatic heterocycles. The quantitative estimate of drug-likeness (QED) is 0.117. The van der Waals surface area contributed by atoms with Crippen LogP contribution in [0.1, 0.15) is 69.4 Å². The molecule has 1 atom stereocenters. The number of carboxylic acids is 1. The minimum atomic E-state index is -0.866. The van der Waals surface area contributed by atoms with E-state index in [-0.39, 0.29) is 73.5 Å². The van der Waals surface area contributed by atoms with Crippen LogP contribution < -0.4 is 21.5 Å². The second kappa shape index (κ2) is 16.1. The van der Waals surface area contributed by atoms with Crippen LogP contribution in [0.25, 0.3) is 11.2 Å². The summed E-state index contributed by atoms with van der Waals surface area (Å²) in [5, 5.41) is 10.9. The Balaban J connectivity index is 1.24. The fraction of sp³-hybridized carbons (Fsp3) is 0.500. The van der Waals surface area contributed by atoms with E-state index in [1.54, 1.807) is 0 Å². The van der Waals surface area contributed by atoms with E-state index in [1.807, 2.05) is 24.3 Å². The fourth-order valence-corrected chi connectivity index (χ4v) is 5.86. The van der Waals surface area contributed by atoms with Gasteiger partial charge in [-0.15, -0.1) is 11.8 Å². The van der Waals surface area contributed by atoms with Crippen molar-refractivity contribution in [2.24, 2.45) is 0 Å². The number of nitrogen functional groups attached to an aromatic ring is 1. The lowest BCUT2D eigenvalue weighted by Gasteiger charge is -2.14. The van der Waals surface area contributed by atoms with Crippen molar-refractivity contribution in [1.29, 1.82) is 0 Å². The lowest BCUT2D eigenvalue weighted by atomic mass is 10.1. The molecule has 14 nitrogen and oxygen atoms in total. The summed E-state index contributed by atoms with van der Waals surface area (Å²) in [5.41, 5.74) is 8.07. The molecule has 1 aliphatic rings. The standard InChI is InChI=1S/C30H39N7O7S/c1-2-3-7-14-44-29-34-26(31)25-27(35-29)37(30(43)33-25)17-20-11-9-19(10-12-20)16-32-22(38)18-45-21-15-23(39)36(28(21)42)13-6-4-5-8-24(40)41/h9-12,21H,2-8,13-18H2,1H3,(H,32,38)(H,33,43)(H,40,41)(H2,31,34,35). The zero-order valence-electron chi connectivity index (χ0n) is 25.3. The van der Waals surface area contributed by atoms with Crippen LogP contribution in [0.3, 0.4) is 0 Å². The van der Waals surface area contributed by atoms with Gasteiger partial charge in [-0.2, -0.15) is 9.97 Å². The molecule has 3 heterocycles. The highest BCUT2D eigenvalue weighted by molar-refractivity contribution is 8.01. The zero-order chi connectivity index (χ0) is 32.3. The number of likely N-dealkylation sites (tertiary alicyclic amines) is 1. The first-order valence-electron chi connectivity index (χ1n) is 15.1. The second-order valence-electron chi connectivity index (χ2n) is 10.8. The Morgan fingerprint density at radius 1 is 1.09 bits per heavy atom. The number of nitrogens with zero attached hydrogens (tertiary/aromatic N) is 4. The number of ether oxygens (including phenoxy) is 1. The van der Waals surface area contributed by atoms with Gasteiger partial charge in [0.25, 0.3) is 0 Å². The van der Waals surface area contributed by atoms with Gasteiger partial charge < -0.3 is 25.9 Å². The minimum Gasteiger partial charge on any atom is -0.481 e. The maximum absolute atomic E-state index is 12.7. The molecule has 3 aromatic rings. The van der Waals surface area contributed by atoms with E-state index in [4.69, 9.17) is 15.6 Å². The van der Waals surface area contributed by atoms with Crippen LogP contribution in [0.4, 0.5) is 5.82 Å². The van der Waals surface area contributed by atoms with Gasteiger partial charge >= 0.3 is 17.7 Å². The molecule has 1 unspecified atom stereocenters. The lowest BCUT2D eigenvalue weighted by molar-refractivity contribution is -0.139. The first-order valence-corrected chi connectivity index (χ1v) is 16.1. The number of imidazole rings is 1. The number of rotatable bonds is 18. The van der Waals surface area contributed by atoms with Gasteiger partial charge in [-0.25, -0.2) is 4.79 Å². The Labute approximate surface area is 264 Å². The van der Waals surface area contributed by atoms with Crippen molar-refractivity contribution in [1.82, 2.24) is 29.7 Å². The predicted octanol–water partition coefficient (Wildman–Crippen LogP) is 2.44. The molecule has 0 aliphatic carbocycles. The fourth-order valence-electron chi connectivity index (χ4n) is 4.87. The number of H-pyrrole nitrogens is 1. The van der Waals surface area contributed by atoms with Gasteiger partial charge in [0.05, 0.1) is 24.2 Å². The highest BCUT2D eigenvalue weighted by Crippen LogP contribution is 2.25. The first kappa shape index (κ1) is 33.5. The zero-order valence-corrected chi connectivity index (χ0v) is 26.1. The van der Waals surface area contributed by atoms with E-state index >= 15 is 0 Å². The topological polar surface area (TPSA) is 203 Å². The third-order valence-electron chi connectivity index (χ3n) is 7.35. The highest BCUT2D eigenvalue weighted by Gasteiger charge is 2.38. The van der Waals surface area contributed by atoms with Crippen molar-refractivity contribution in [2.75, 3.05) is 24.6 Å². The molecule has 0 bridgehead atoms. The van der Waals surface area contributed by atoms with E-state index in [9.17, 15) is 24.0 Å². The molecule has 3 amide bonds. The van der Waals surface area contributed by atoms with E-state index in [0.29, 0.717) is 37.0 Å². The summed E-state index contributed by atoms with van der Waals surface area (Å²) in [6.45, 7) is 3.33. The number of nitrogens with one attached hydrogen (secondary N) is 2. The maximum Gasteiger partial charge on any atom is 0.328 e. The third kappa shape index (κ3) is 9.30. The molecular weight excluding hydrogens is 602 g/mol. The molecule has 1 saturated heterocycles. The summed E-state index contributed by atoms with van der Waals surface area (Å²) in [7, 11) is 0. The van der Waals surface area contributed by atoms with Crippen molar-refractivity contribution < 1.29 is 29.0 Å². The van der Waals surface area contributed by atoms with E-state index < -0.39 is 11.2 Å². The van der Waals surface area contributed by atoms with Crippen LogP contribution in [0, 0.1) is 0 Å². The smallest absolute Gasteiger partial charge is 0.328 e. The van der Waals surface area contributed by atoms with E-state index in [1.165, 1.54) is 9.47 Å². The number of carbonyl (C=O) groups excluding carboxylic acids is 3. The number of aromatic amines is 1. The number of imide groups is 1.